The van der Waals surface area contributed by atoms with Crippen LogP contribution in [0.4, 0.5) is 0 Å². The van der Waals surface area contributed by atoms with Gasteiger partial charge in [0.25, 0.3) is 0 Å². The van der Waals surface area contributed by atoms with Crippen molar-refractivity contribution in [2.45, 2.75) is 322 Å². The van der Waals surface area contributed by atoms with E-state index in [0.29, 0.717) is 19.3 Å². The summed E-state index contributed by atoms with van der Waals surface area (Å²) in [6.07, 6.45) is 63.1. The van der Waals surface area contributed by atoms with Gasteiger partial charge in [-0.3, -0.25) is 14.4 Å². The minimum absolute atomic E-state index is 0.0729. The first-order chi connectivity index (χ1) is 32.0. The highest BCUT2D eigenvalue weighted by atomic mass is 16.6. The van der Waals surface area contributed by atoms with Crippen molar-refractivity contribution < 1.29 is 28.6 Å². The predicted molar refractivity (Wildman–Crippen MR) is 279 cm³/mol. The molecule has 0 rings (SSSR count). The van der Waals surface area contributed by atoms with E-state index < -0.39 is 6.10 Å². The first-order valence-electron chi connectivity index (χ1n) is 28.8. The van der Waals surface area contributed by atoms with Gasteiger partial charge in [0.2, 0.25) is 0 Å². The van der Waals surface area contributed by atoms with Crippen LogP contribution in [0, 0.1) is 0 Å². The smallest absolute Gasteiger partial charge is 0.306 e. The van der Waals surface area contributed by atoms with E-state index in [1.165, 1.54) is 205 Å². The molecular formula is C59H110O6. The van der Waals surface area contributed by atoms with Crippen molar-refractivity contribution >= 4 is 17.9 Å². The number of hydrogen-bond acceptors (Lipinski definition) is 6. The van der Waals surface area contributed by atoms with Crippen LogP contribution in [0.5, 0.6) is 0 Å². The molecule has 6 heteroatoms. The van der Waals surface area contributed by atoms with Crippen LogP contribution in [0.2, 0.25) is 0 Å². The third-order valence-corrected chi connectivity index (χ3v) is 12.9. The Morgan fingerprint density at radius 2 is 0.508 bits per heavy atom. The lowest BCUT2D eigenvalue weighted by atomic mass is 10.0. The number of unbranched alkanes of at least 4 members (excludes halogenated alkanes) is 38. The topological polar surface area (TPSA) is 78.9 Å². The van der Waals surface area contributed by atoms with E-state index in [-0.39, 0.29) is 31.1 Å². The van der Waals surface area contributed by atoms with Crippen LogP contribution >= 0.6 is 0 Å². The monoisotopic (exact) mass is 915 g/mol. The maximum atomic E-state index is 12.8. The first-order valence-corrected chi connectivity index (χ1v) is 28.8. The predicted octanol–water partition coefficient (Wildman–Crippen LogP) is 19.1. The number of carbonyl (C=O) groups is 3. The normalized spacial score (nSPS) is 12.1. The van der Waals surface area contributed by atoms with Gasteiger partial charge in [0.1, 0.15) is 13.2 Å². The van der Waals surface area contributed by atoms with E-state index in [1.54, 1.807) is 0 Å². The summed E-state index contributed by atoms with van der Waals surface area (Å²) < 4.78 is 16.9. The molecular weight excluding hydrogens is 805 g/mol. The Morgan fingerprint density at radius 1 is 0.292 bits per heavy atom. The van der Waals surface area contributed by atoms with E-state index in [4.69, 9.17) is 14.2 Å². The number of carbonyl (C=O) groups excluding carboxylic acids is 3. The standard InChI is InChI=1S/C59H110O6/c1-4-7-10-13-16-19-22-25-27-29-30-32-34-37-40-43-46-49-52-58(61)64-55-56(54-63-57(60)51-48-45-42-39-36-33-24-21-18-15-12-9-6-3)65-59(62)53-50-47-44-41-38-35-31-28-26-23-20-17-14-11-8-5-2/h21,24,28,31,56H,4-20,22-23,25-27,29-30,32-55H2,1-3H3/b24-21-,31-28-. The third kappa shape index (κ3) is 52.7. The molecule has 0 bridgehead atoms. The quantitative estimate of drug-likeness (QED) is 0.0262. The Kier molecular flexibility index (Phi) is 52.7. The third-order valence-electron chi connectivity index (χ3n) is 12.9. The van der Waals surface area contributed by atoms with E-state index in [1.807, 2.05) is 0 Å². The van der Waals surface area contributed by atoms with E-state index in [9.17, 15) is 14.4 Å². The highest BCUT2D eigenvalue weighted by Gasteiger charge is 2.19. The average molecular weight is 916 g/mol. The summed E-state index contributed by atoms with van der Waals surface area (Å²) in [6.45, 7) is 6.65. The molecule has 0 aromatic rings. The van der Waals surface area contributed by atoms with Crippen molar-refractivity contribution in [3.8, 4) is 0 Å². The summed E-state index contributed by atoms with van der Waals surface area (Å²) in [5.41, 5.74) is 0. The average Bonchev–Trinajstić information content (AvgIpc) is 3.30. The lowest BCUT2D eigenvalue weighted by Gasteiger charge is -2.18. The molecule has 382 valence electrons. The molecule has 0 fully saturated rings. The first kappa shape index (κ1) is 62.9. The summed E-state index contributed by atoms with van der Waals surface area (Å²) in [4.78, 5) is 38.1. The van der Waals surface area contributed by atoms with Crippen molar-refractivity contribution in [1.82, 2.24) is 0 Å². The molecule has 6 nitrogen and oxygen atoms in total. The maximum Gasteiger partial charge on any atom is 0.306 e. The molecule has 0 aromatic carbocycles. The SMILES string of the molecule is CCCCCC/C=C\CCCCCCCC(=O)OCC(COC(=O)CCCCCCCCCCCCCCCCCCCC)OC(=O)CCCCCCC/C=C\CCCCCCCCC. The van der Waals surface area contributed by atoms with Crippen molar-refractivity contribution in [2.24, 2.45) is 0 Å². The van der Waals surface area contributed by atoms with E-state index in [0.717, 1.165) is 70.6 Å². The van der Waals surface area contributed by atoms with Crippen LogP contribution in [-0.4, -0.2) is 37.2 Å². The van der Waals surface area contributed by atoms with Gasteiger partial charge in [-0.25, -0.2) is 0 Å². The molecule has 0 radical (unpaired) electrons. The molecule has 0 saturated heterocycles. The van der Waals surface area contributed by atoms with Crippen molar-refractivity contribution in [3.05, 3.63) is 24.3 Å². The molecule has 0 spiro atoms. The Labute approximate surface area is 404 Å². The molecule has 0 aliphatic rings. The van der Waals surface area contributed by atoms with Crippen LogP contribution in [0.15, 0.2) is 24.3 Å². The lowest BCUT2D eigenvalue weighted by Crippen LogP contribution is -2.30. The van der Waals surface area contributed by atoms with Gasteiger partial charge in [-0.1, -0.05) is 251 Å². The van der Waals surface area contributed by atoms with Crippen LogP contribution < -0.4 is 0 Å². The van der Waals surface area contributed by atoms with Crippen LogP contribution in [0.25, 0.3) is 0 Å². The molecule has 0 saturated carbocycles. The van der Waals surface area contributed by atoms with Gasteiger partial charge >= 0.3 is 17.9 Å². The van der Waals surface area contributed by atoms with Crippen LogP contribution in [-0.2, 0) is 28.6 Å². The fraction of sp³-hybridized carbons (Fsp3) is 0.881. The van der Waals surface area contributed by atoms with Gasteiger partial charge in [0, 0.05) is 19.3 Å². The van der Waals surface area contributed by atoms with Gasteiger partial charge in [0.15, 0.2) is 6.10 Å². The zero-order chi connectivity index (χ0) is 47.2. The highest BCUT2D eigenvalue weighted by Crippen LogP contribution is 2.17. The largest absolute Gasteiger partial charge is 0.462 e. The summed E-state index contributed by atoms with van der Waals surface area (Å²) in [7, 11) is 0. The minimum Gasteiger partial charge on any atom is -0.462 e. The number of allylic oxidation sites excluding steroid dienone is 4. The van der Waals surface area contributed by atoms with Gasteiger partial charge < -0.3 is 14.2 Å². The summed E-state index contributed by atoms with van der Waals surface area (Å²) in [5.74, 6) is -0.871. The van der Waals surface area contributed by atoms with Gasteiger partial charge in [-0.05, 0) is 70.6 Å². The molecule has 0 aromatic heterocycles. The van der Waals surface area contributed by atoms with Crippen molar-refractivity contribution in [3.63, 3.8) is 0 Å². The number of esters is 3. The second-order valence-electron chi connectivity index (χ2n) is 19.6. The second kappa shape index (κ2) is 54.5. The molecule has 0 amide bonds. The molecule has 1 atom stereocenters. The van der Waals surface area contributed by atoms with Gasteiger partial charge in [-0.2, -0.15) is 0 Å². The lowest BCUT2D eigenvalue weighted by molar-refractivity contribution is -0.167. The molecule has 65 heavy (non-hydrogen) atoms. The van der Waals surface area contributed by atoms with Crippen molar-refractivity contribution in [2.75, 3.05) is 13.2 Å². The summed E-state index contributed by atoms with van der Waals surface area (Å²) in [6, 6.07) is 0. The Hall–Kier alpha value is -2.11. The zero-order valence-corrected chi connectivity index (χ0v) is 43.8. The number of hydrogen-bond donors (Lipinski definition) is 0. The molecule has 0 aliphatic carbocycles. The molecule has 0 heterocycles. The molecule has 0 aliphatic heterocycles. The Morgan fingerprint density at radius 3 is 0.785 bits per heavy atom. The number of ether oxygens (including phenoxy) is 3. The summed E-state index contributed by atoms with van der Waals surface area (Å²) >= 11 is 0. The van der Waals surface area contributed by atoms with Gasteiger partial charge in [-0.15, -0.1) is 0 Å². The number of rotatable bonds is 53. The molecule has 0 N–H and O–H groups in total. The Balaban J connectivity index is 4.33. The van der Waals surface area contributed by atoms with Gasteiger partial charge in [0.05, 0.1) is 0 Å². The fourth-order valence-electron chi connectivity index (χ4n) is 8.55. The fourth-order valence-corrected chi connectivity index (χ4v) is 8.55. The van der Waals surface area contributed by atoms with E-state index in [2.05, 4.69) is 45.1 Å². The van der Waals surface area contributed by atoms with Crippen molar-refractivity contribution in [1.29, 1.82) is 0 Å². The van der Waals surface area contributed by atoms with E-state index >= 15 is 0 Å². The zero-order valence-electron chi connectivity index (χ0n) is 43.8. The van der Waals surface area contributed by atoms with Crippen LogP contribution in [0.1, 0.15) is 316 Å². The maximum absolute atomic E-state index is 12.8. The second-order valence-corrected chi connectivity index (χ2v) is 19.6. The summed E-state index contributed by atoms with van der Waals surface area (Å²) in [5, 5.41) is 0. The minimum atomic E-state index is -0.775. The Bertz CT molecular complexity index is 1050. The molecule has 1 unspecified atom stereocenters. The highest BCUT2D eigenvalue weighted by molar-refractivity contribution is 5.71. The van der Waals surface area contributed by atoms with Crippen LogP contribution in [0.3, 0.4) is 0 Å².